The summed E-state index contributed by atoms with van der Waals surface area (Å²) < 4.78 is 11.6. The van der Waals surface area contributed by atoms with E-state index >= 15 is 0 Å². The molecule has 1 aliphatic rings. The number of nitrogens with one attached hydrogen (secondary N) is 2. The van der Waals surface area contributed by atoms with Crippen LogP contribution < -0.4 is 10.6 Å². The lowest BCUT2D eigenvalue weighted by molar-refractivity contribution is -0.146. The van der Waals surface area contributed by atoms with Crippen molar-refractivity contribution in [3.63, 3.8) is 0 Å². The number of carbonyl (C=O) groups is 3. The zero-order valence-corrected chi connectivity index (χ0v) is 23.2. The third-order valence-electron chi connectivity index (χ3n) is 7.12. The van der Waals surface area contributed by atoms with Gasteiger partial charge in [0.2, 0.25) is 5.91 Å². The molecule has 3 aromatic rings. The number of ether oxygens (including phenoxy) is 2. The van der Waals surface area contributed by atoms with Gasteiger partial charge in [-0.25, -0.2) is 9.59 Å². The summed E-state index contributed by atoms with van der Waals surface area (Å²) in [6.45, 7) is 7.09. The zero-order valence-electron chi connectivity index (χ0n) is 23.2. The van der Waals surface area contributed by atoms with Crippen LogP contribution in [-0.2, 0) is 25.7 Å². The molecule has 40 heavy (non-hydrogen) atoms. The van der Waals surface area contributed by atoms with Gasteiger partial charge in [-0.1, -0.05) is 99.6 Å². The molecule has 4 rings (SSSR count). The molecule has 3 N–H and O–H groups in total. The average Bonchev–Trinajstić information content (AvgIpc) is 3.25. The maximum atomic E-state index is 13.4. The van der Waals surface area contributed by atoms with Gasteiger partial charge >= 0.3 is 12.1 Å². The van der Waals surface area contributed by atoms with E-state index < -0.39 is 41.6 Å². The predicted molar refractivity (Wildman–Crippen MR) is 152 cm³/mol. The van der Waals surface area contributed by atoms with E-state index in [9.17, 15) is 19.5 Å². The Kier molecular flexibility index (Phi) is 8.90. The Morgan fingerprint density at radius 1 is 0.850 bits per heavy atom. The van der Waals surface area contributed by atoms with Gasteiger partial charge < -0.3 is 25.2 Å². The maximum Gasteiger partial charge on any atom is 0.407 e. The van der Waals surface area contributed by atoms with E-state index in [0.717, 1.165) is 27.8 Å². The molecular formula is C32H36N2O6. The number of hydrogen-bond acceptors (Lipinski definition) is 5. The molecule has 0 saturated heterocycles. The van der Waals surface area contributed by atoms with Gasteiger partial charge in [-0.05, 0) is 40.2 Å². The zero-order chi connectivity index (χ0) is 28.9. The molecule has 2 amide bonds. The van der Waals surface area contributed by atoms with E-state index in [2.05, 4.69) is 22.8 Å². The number of rotatable bonds is 10. The highest BCUT2D eigenvalue weighted by Gasteiger charge is 2.37. The molecule has 3 aromatic carbocycles. The van der Waals surface area contributed by atoms with E-state index in [0.29, 0.717) is 0 Å². The summed E-state index contributed by atoms with van der Waals surface area (Å²) in [4.78, 5) is 38.3. The van der Waals surface area contributed by atoms with E-state index in [1.807, 2.05) is 66.7 Å². The van der Waals surface area contributed by atoms with Gasteiger partial charge in [0.1, 0.15) is 18.7 Å². The fraction of sp³-hybridized carbons (Fsp3) is 0.344. The van der Waals surface area contributed by atoms with E-state index in [-0.39, 0.29) is 19.1 Å². The van der Waals surface area contributed by atoms with Crippen molar-refractivity contribution in [3.05, 3.63) is 95.6 Å². The van der Waals surface area contributed by atoms with Gasteiger partial charge in [0.25, 0.3) is 0 Å². The number of hydrogen-bond donors (Lipinski definition) is 3. The second-order valence-electron chi connectivity index (χ2n) is 11.1. The first-order valence-electron chi connectivity index (χ1n) is 13.4. The third-order valence-corrected chi connectivity index (χ3v) is 7.12. The predicted octanol–water partition coefficient (Wildman–Crippen LogP) is 5.11. The number of amides is 2. The Labute approximate surface area is 234 Å². The number of carbonyl (C=O) groups excluding carboxylic acids is 2. The van der Waals surface area contributed by atoms with Crippen molar-refractivity contribution in [2.45, 2.75) is 58.4 Å². The molecular weight excluding hydrogens is 508 g/mol. The first kappa shape index (κ1) is 28.8. The summed E-state index contributed by atoms with van der Waals surface area (Å²) in [5, 5.41) is 14.9. The normalized spacial score (nSPS) is 14.8. The lowest BCUT2D eigenvalue weighted by Gasteiger charge is -2.31. The highest BCUT2D eigenvalue weighted by Crippen LogP contribution is 2.44. The Balaban J connectivity index is 1.48. The minimum absolute atomic E-state index is 0.0766. The van der Waals surface area contributed by atoms with Crippen molar-refractivity contribution in [1.29, 1.82) is 0 Å². The summed E-state index contributed by atoms with van der Waals surface area (Å²) in [5.74, 6) is -1.98. The highest BCUT2D eigenvalue weighted by atomic mass is 16.5. The molecule has 3 atom stereocenters. The maximum absolute atomic E-state index is 13.4. The average molecular weight is 545 g/mol. The van der Waals surface area contributed by atoms with Crippen molar-refractivity contribution in [3.8, 4) is 11.1 Å². The number of benzene rings is 3. The van der Waals surface area contributed by atoms with Crippen molar-refractivity contribution in [2.75, 3.05) is 6.61 Å². The lowest BCUT2D eigenvalue weighted by Crippen LogP contribution is -2.58. The summed E-state index contributed by atoms with van der Waals surface area (Å²) >= 11 is 0. The van der Waals surface area contributed by atoms with Crippen LogP contribution in [0.1, 0.15) is 50.3 Å². The second-order valence-corrected chi connectivity index (χ2v) is 11.1. The summed E-state index contributed by atoms with van der Waals surface area (Å²) in [7, 11) is 0. The molecule has 0 heterocycles. The topological polar surface area (TPSA) is 114 Å². The summed E-state index contributed by atoms with van der Waals surface area (Å²) in [6, 6.07) is 23.1. The Hall–Kier alpha value is -4.17. The van der Waals surface area contributed by atoms with Gasteiger partial charge in [0.15, 0.2) is 0 Å². The minimum Gasteiger partial charge on any atom is -0.480 e. The van der Waals surface area contributed by atoms with Crippen LogP contribution in [0.3, 0.4) is 0 Å². The van der Waals surface area contributed by atoms with Crippen molar-refractivity contribution >= 4 is 18.0 Å². The van der Waals surface area contributed by atoms with E-state index in [1.165, 1.54) is 0 Å². The Morgan fingerprint density at radius 3 is 1.95 bits per heavy atom. The molecule has 0 bridgehead atoms. The number of fused-ring (bicyclic) bond motifs is 3. The van der Waals surface area contributed by atoms with Crippen LogP contribution in [0.4, 0.5) is 4.79 Å². The van der Waals surface area contributed by atoms with Crippen molar-refractivity contribution < 1.29 is 29.0 Å². The SMILES string of the molecule is C[C@H](OCc1ccccc1)[C@@H](NC(=O)OCC1c2ccccc2-c2ccccc21)C(=O)NC(C(=O)O)C(C)(C)C. The Morgan fingerprint density at radius 2 is 1.40 bits per heavy atom. The second kappa shape index (κ2) is 12.3. The minimum atomic E-state index is -1.19. The van der Waals surface area contributed by atoms with Gasteiger partial charge in [-0.3, -0.25) is 4.79 Å². The van der Waals surface area contributed by atoms with Crippen LogP contribution in [0.5, 0.6) is 0 Å². The fourth-order valence-electron chi connectivity index (χ4n) is 4.94. The molecule has 0 radical (unpaired) electrons. The molecule has 8 nitrogen and oxygen atoms in total. The smallest absolute Gasteiger partial charge is 0.407 e. The van der Waals surface area contributed by atoms with Crippen LogP contribution in [0.15, 0.2) is 78.9 Å². The largest absolute Gasteiger partial charge is 0.480 e. The molecule has 0 spiro atoms. The van der Waals surface area contributed by atoms with Crippen molar-refractivity contribution in [2.24, 2.45) is 5.41 Å². The monoisotopic (exact) mass is 544 g/mol. The summed E-state index contributed by atoms with van der Waals surface area (Å²) in [6.07, 6.45) is -1.57. The Bertz CT molecular complexity index is 1310. The van der Waals surface area contributed by atoms with Gasteiger partial charge in [-0.2, -0.15) is 0 Å². The molecule has 0 aromatic heterocycles. The number of carboxylic acid groups (broad SMARTS) is 1. The molecule has 1 aliphatic carbocycles. The number of alkyl carbamates (subject to hydrolysis) is 1. The lowest BCUT2D eigenvalue weighted by atomic mass is 9.86. The number of carboxylic acids is 1. The van der Waals surface area contributed by atoms with Gasteiger partial charge in [-0.15, -0.1) is 0 Å². The first-order valence-corrected chi connectivity index (χ1v) is 13.4. The standard InChI is InChI=1S/C32H36N2O6/c1-20(39-18-21-12-6-5-7-13-21)27(29(35)34-28(30(36)37)32(2,3)4)33-31(38)40-19-26-24-16-10-8-14-22(24)23-15-9-11-17-25(23)26/h5-17,20,26-28H,18-19H2,1-4H3,(H,33,38)(H,34,35)(H,36,37)/t20-,27+,28?/m0/s1. The molecule has 0 fully saturated rings. The number of aliphatic carboxylic acids is 1. The van der Waals surface area contributed by atoms with E-state index in [1.54, 1.807) is 27.7 Å². The highest BCUT2D eigenvalue weighted by molar-refractivity contribution is 5.90. The summed E-state index contributed by atoms with van der Waals surface area (Å²) in [5.41, 5.74) is 4.49. The van der Waals surface area contributed by atoms with Gasteiger partial charge in [0.05, 0.1) is 12.7 Å². The molecule has 0 aliphatic heterocycles. The molecule has 0 saturated carbocycles. The van der Waals surface area contributed by atoms with E-state index in [4.69, 9.17) is 9.47 Å². The third kappa shape index (κ3) is 6.69. The van der Waals surface area contributed by atoms with Crippen LogP contribution in [0.2, 0.25) is 0 Å². The van der Waals surface area contributed by atoms with Crippen LogP contribution in [-0.4, -0.2) is 47.9 Å². The quantitative estimate of drug-likeness (QED) is 0.327. The van der Waals surface area contributed by atoms with Crippen molar-refractivity contribution in [1.82, 2.24) is 10.6 Å². The van der Waals surface area contributed by atoms with Gasteiger partial charge in [0, 0.05) is 5.92 Å². The van der Waals surface area contributed by atoms with Crippen LogP contribution in [0, 0.1) is 5.41 Å². The van der Waals surface area contributed by atoms with Crippen LogP contribution >= 0.6 is 0 Å². The first-order chi connectivity index (χ1) is 19.1. The van der Waals surface area contributed by atoms with Crippen LogP contribution in [0.25, 0.3) is 11.1 Å². The fourth-order valence-corrected chi connectivity index (χ4v) is 4.94. The molecule has 1 unspecified atom stereocenters. The molecule has 8 heteroatoms. The molecule has 210 valence electrons.